The van der Waals surface area contributed by atoms with Gasteiger partial charge in [-0.1, -0.05) is 48.8 Å². The van der Waals surface area contributed by atoms with E-state index in [1.165, 1.54) is 24.8 Å². The highest BCUT2D eigenvalue weighted by Crippen LogP contribution is 2.28. The van der Waals surface area contributed by atoms with Gasteiger partial charge in [0.1, 0.15) is 5.84 Å². The Kier molecular flexibility index (Phi) is 4.80. The van der Waals surface area contributed by atoms with Crippen molar-refractivity contribution in [3.05, 3.63) is 35.9 Å². The monoisotopic (exact) mass is 261 g/mol. The van der Waals surface area contributed by atoms with Gasteiger partial charge in [0.15, 0.2) is 0 Å². The first-order chi connectivity index (χ1) is 9.20. The number of nitrogens with two attached hydrogens (primary N) is 1. The largest absolute Gasteiger partial charge is 0.409 e. The molecular weight excluding hydrogens is 238 g/mol. The van der Waals surface area contributed by atoms with Gasteiger partial charge in [-0.15, -0.1) is 0 Å². The van der Waals surface area contributed by atoms with Crippen molar-refractivity contribution in [1.82, 2.24) is 5.32 Å². The number of rotatable bonds is 5. The van der Waals surface area contributed by atoms with Gasteiger partial charge in [0.05, 0.1) is 0 Å². The minimum Gasteiger partial charge on any atom is -0.409 e. The van der Waals surface area contributed by atoms with Crippen LogP contribution in [0.3, 0.4) is 0 Å². The van der Waals surface area contributed by atoms with Crippen LogP contribution in [0.25, 0.3) is 0 Å². The van der Waals surface area contributed by atoms with Crippen LogP contribution in [0.1, 0.15) is 44.2 Å². The van der Waals surface area contributed by atoms with Crippen LogP contribution in [-0.4, -0.2) is 17.1 Å². The summed E-state index contributed by atoms with van der Waals surface area (Å²) in [6.07, 6.45) is 4.30. The lowest BCUT2D eigenvalue weighted by molar-refractivity contribution is 0.314. The van der Waals surface area contributed by atoms with Crippen LogP contribution >= 0.6 is 0 Å². The van der Waals surface area contributed by atoms with E-state index in [1.54, 1.807) is 0 Å². The van der Waals surface area contributed by atoms with Crippen LogP contribution in [0, 0.1) is 5.92 Å². The second-order valence-electron chi connectivity index (χ2n) is 5.44. The molecule has 1 fully saturated rings. The lowest BCUT2D eigenvalue weighted by Gasteiger charge is -2.25. The van der Waals surface area contributed by atoms with E-state index in [-0.39, 0.29) is 11.9 Å². The highest BCUT2D eigenvalue weighted by atomic mass is 16.4. The average molecular weight is 261 g/mol. The molecule has 0 aromatic heterocycles. The third-order valence-corrected chi connectivity index (χ3v) is 4.02. The lowest BCUT2D eigenvalue weighted by Crippen LogP contribution is -2.36. The third kappa shape index (κ3) is 3.70. The highest BCUT2D eigenvalue weighted by Gasteiger charge is 2.26. The van der Waals surface area contributed by atoms with Crippen molar-refractivity contribution in [3.63, 3.8) is 0 Å². The van der Waals surface area contributed by atoms with E-state index in [4.69, 9.17) is 10.9 Å². The van der Waals surface area contributed by atoms with Gasteiger partial charge in [-0.25, -0.2) is 0 Å². The number of hydrogen-bond donors (Lipinski definition) is 3. The third-order valence-electron chi connectivity index (χ3n) is 4.02. The summed E-state index contributed by atoms with van der Waals surface area (Å²) in [7, 11) is 0. The van der Waals surface area contributed by atoms with Crippen LogP contribution in [-0.2, 0) is 0 Å². The summed E-state index contributed by atoms with van der Waals surface area (Å²) >= 11 is 0. The van der Waals surface area contributed by atoms with E-state index in [9.17, 15) is 0 Å². The van der Waals surface area contributed by atoms with E-state index >= 15 is 0 Å². The molecule has 4 N–H and O–H groups in total. The molecule has 4 nitrogen and oxygen atoms in total. The Hall–Kier alpha value is -1.55. The standard InChI is InChI=1S/C15H23N3O/c1-11-6-5-9-13(11)17-14(10-15(16)18-19)12-7-3-2-4-8-12/h2-4,7-8,11,13-14,17,19H,5-6,9-10H2,1H3,(H2,16,18). The van der Waals surface area contributed by atoms with Gasteiger partial charge in [0.25, 0.3) is 0 Å². The Morgan fingerprint density at radius 2 is 2.16 bits per heavy atom. The van der Waals surface area contributed by atoms with E-state index < -0.39 is 0 Å². The summed E-state index contributed by atoms with van der Waals surface area (Å²) in [5, 5.41) is 15.6. The molecule has 2 rings (SSSR count). The number of oxime groups is 1. The summed E-state index contributed by atoms with van der Waals surface area (Å²) in [4.78, 5) is 0. The molecule has 0 bridgehead atoms. The molecular formula is C15H23N3O. The topological polar surface area (TPSA) is 70.6 Å². The molecule has 19 heavy (non-hydrogen) atoms. The van der Waals surface area contributed by atoms with Crippen LogP contribution in [0.4, 0.5) is 0 Å². The highest BCUT2D eigenvalue weighted by molar-refractivity contribution is 5.80. The maximum Gasteiger partial charge on any atom is 0.141 e. The van der Waals surface area contributed by atoms with Gasteiger partial charge >= 0.3 is 0 Å². The molecule has 3 unspecified atom stereocenters. The van der Waals surface area contributed by atoms with Gasteiger partial charge in [-0.3, -0.25) is 0 Å². The van der Waals surface area contributed by atoms with Gasteiger partial charge in [0, 0.05) is 18.5 Å². The molecule has 0 amide bonds. The van der Waals surface area contributed by atoms with Gasteiger partial charge < -0.3 is 16.3 Å². The lowest BCUT2D eigenvalue weighted by atomic mass is 9.99. The maximum absolute atomic E-state index is 8.78. The van der Waals surface area contributed by atoms with Gasteiger partial charge in [-0.2, -0.15) is 0 Å². The zero-order valence-electron chi connectivity index (χ0n) is 11.4. The van der Waals surface area contributed by atoms with Crippen molar-refractivity contribution >= 4 is 5.84 Å². The first-order valence-corrected chi connectivity index (χ1v) is 6.98. The van der Waals surface area contributed by atoms with Crippen LogP contribution in [0.15, 0.2) is 35.5 Å². The molecule has 1 aliphatic rings. The second-order valence-corrected chi connectivity index (χ2v) is 5.44. The zero-order chi connectivity index (χ0) is 13.7. The molecule has 4 heteroatoms. The minimum absolute atomic E-state index is 0.114. The summed E-state index contributed by atoms with van der Waals surface area (Å²) in [5.74, 6) is 0.963. The van der Waals surface area contributed by atoms with E-state index in [2.05, 4.69) is 29.5 Å². The quantitative estimate of drug-likeness (QED) is 0.330. The Morgan fingerprint density at radius 3 is 2.74 bits per heavy atom. The van der Waals surface area contributed by atoms with E-state index in [1.807, 2.05) is 18.2 Å². The number of nitrogens with zero attached hydrogens (tertiary/aromatic N) is 1. The Balaban J connectivity index is 2.10. The molecule has 1 aliphatic carbocycles. The molecule has 0 heterocycles. The number of benzene rings is 1. The first-order valence-electron chi connectivity index (χ1n) is 6.98. The molecule has 0 saturated heterocycles. The molecule has 104 valence electrons. The summed E-state index contributed by atoms with van der Waals surface area (Å²) in [6, 6.07) is 10.9. The normalized spacial score (nSPS) is 25.4. The van der Waals surface area contributed by atoms with E-state index in [0.29, 0.717) is 18.4 Å². The van der Waals surface area contributed by atoms with Gasteiger partial charge in [0.2, 0.25) is 0 Å². The Morgan fingerprint density at radius 1 is 1.42 bits per heavy atom. The van der Waals surface area contributed by atoms with Crippen molar-refractivity contribution in [2.45, 2.75) is 44.7 Å². The van der Waals surface area contributed by atoms with Crippen molar-refractivity contribution in [3.8, 4) is 0 Å². The van der Waals surface area contributed by atoms with Crippen LogP contribution in [0.5, 0.6) is 0 Å². The maximum atomic E-state index is 8.78. The van der Waals surface area contributed by atoms with Crippen molar-refractivity contribution in [2.75, 3.05) is 0 Å². The summed E-state index contributed by atoms with van der Waals surface area (Å²) in [6.45, 7) is 2.29. The second kappa shape index (κ2) is 6.57. The summed E-state index contributed by atoms with van der Waals surface area (Å²) in [5.41, 5.74) is 6.87. The van der Waals surface area contributed by atoms with Crippen molar-refractivity contribution in [2.24, 2.45) is 16.8 Å². The fourth-order valence-corrected chi connectivity index (χ4v) is 2.86. The fraction of sp³-hybridized carbons (Fsp3) is 0.533. The molecule has 1 aromatic rings. The van der Waals surface area contributed by atoms with Gasteiger partial charge in [-0.05, 0) is 24.3 Å². The molecule has 0 radical (unpaired) electrons. The molecule has 3 atom stereocenters. The predicted molar refractivity (Wildman–Crippen MR) is 77.1 cm³/mol. The van der Waals surface area contributed by atoms with Crippen molar-refractivity contribution < 1.29 is 5.21 Å². The SMILES string of the molecule is CC1CCCC1NC(CC(N)=NO)c1ccccc1. The molecule has 0 aliphatic heterocycles. The molecule has 0 spiro atoms. The zero-order valence-corrected chi connectivity index (χ0v) is 11.4. The smallest absolute Gasteiger partial charge is 0.141 e. The van der Waals surface area contributed by atoms with Crippen molar-refractivity contribution in [1.29, 1.82) is 0 Å². The van der Waals surface area contributed by atoms with Crippen LogP contribution < -0.4 is 11.1 Å². The number of hydrogen-bond acceptors (Lipinski definition) is 3. The van der Waals surface area contributed by atoms with E-state index in [0.717, 1.165) is 0 Å². The fourth-order valence-electron chi connectivity index (χ4n) is 2.86. The predicted octanol–water partition coefficient (Wildman–Crippen LogP) is 2.64. The minimum atomic E-state index is 0.114. The molecule has 1 saturated carbocycles. The summed E-state index contributed by atoms with van der Waals surface area (Å²) < 4.78 is 0. The number of amidine groups is 1. The van der Waals surface area contributed by atoms with Crippen LogP contribution in [0.2, 0.25) is 0 Å². The Labute approximate surface area is 114 Å². The number of nitrogens with one attached hydrogen (secondary N) is 1. The molecule has 1 aromatic carbocycles. The Bertz CT molecular complexity index is 419. The first kappa shape index (κ1) is 13.9. The average Bonchev–Trinajstić information content (AvgIpc) is 2.84.